The van der Waals surface area contributed by atoms with Crippen molar-refractivity contribution in [1.29, 1.82) is 0 Å². The Hall–Kier alpha value is -0.760. The molecule has 0 aromatic heterocycles. The number of carbonyl (C=O) groups excluding carboxylic acids is 1. The number of hydrogen-bond acceptors (Lipinski definition) is 3. The minimum absolute atomic E-state index is 0.119. The fourth-order valence-electron chi connectivity index (χ4n) is 2.12. The topological polar surface area (TPSA) is 47.6 Å². The minimum atomic E-state index is -0.615. The molecule has 8 heteroatoms. The Morgan fingerprint density at radius 1 is 1.08 bits per heavy atom. The van der Waals surface area contributed by atoms with Crippen molar-refractivity contribution in [3.63, 3.8) is 0 Å². The molecule has 0 unspecified atom stereocenters. The monoisotopic (exact) mass is 567 g/mol. The summed E-state index contributed by atoms with van der Waals surface area (Å²) in [5, 5.41) is 3.14. The van der Waals surface area contributed by atoms with E-state index in [0.29, 0.717) is 17.3 Å². The molecule has 0 fully saturated rings. The lowest BCUT2D eigenvalue weighted by molar-refractivity contribution is 0.148. The van der Waals surface area contributed by atoms with E-state index >= 15 is 0 Å². The maximum Gasteiger partial charge on any atom is 0.407 e. The average molecular weight is 571 g/mol. The molecule has 1 amide bonds. The highest BCUT2D eigenvalue weighted by atomic mass is 80.0. The third kappa shape index (κ3) is 8.29. The second kappa shape index (κ2) is 10.5. The van der Waals surface area contributed by atoms with Crippen LogP contribution in [0.2, 0.25) is 5.02 Å². The summed E-state index contributed by atoms with van der Waals surface area (Å²) in [4.78, 5) is 11.5. The summed E-state index contributed by atoms with van der Waals surface area (Å²) in [6.45, 7) is 0.712. The van der Waals surface area contributed by atoms with Crippen molar-refractivity contribution in [3.05, 3.63) is 64.7 Å². The quantitative estimate of drug-likeness (QED) is 0.335. The van der Waals surface area contributed by atoms with E-state index in [4.69, 9.17) is 21.1 Å². The van der Waals surface area contributed by atoms with Crippen LogP contribution in [0.1, 0.15) is 11.1 Å². The standard InChI is InChI=1S/C18H17Br3ClNO3/c19-18(20,21)12-26-17(24)23-8-9-25-16-7-6-14(11-15(16)22)10-13-4-2-1-3-5-13/h1-7,11H,8-10,12H2,(H,23,24). The molecule has 4 nitrogen and oxygen atoms in total. The van der Waals surface area contributed by atoms with Crippen molar-refractivity contribution in [1.82, 2.24) is 5.32 Å². The molecular weight excluding hydrogens is 553 g/mol. The third-order valence-corrected chi connectivity index (χ3v) is 4.23. The molecule has 0 aliphatic carbocycles. The number of amides is 1. The van der Waals surface area contributed by atoms with E-state index in [1.807, 2.05) is 36.4 Å². The van der Waals surface area contributed by atoms with Gasteiger partial charge in [-0.2, -0.15) is 0 Å². The minimum Gasteiger partial charge on any atom is -0.490 e. The van der Waals surface area contributed by atoms with Crippen LogP contribution < -0.4 is 10.1 Å². The summed E-state index contributed by atoms with van der Waals surface area (Å²) < 4.78 is 9.98. The SMILES string of the molecule is O=C(NCCOc1ccc(Cc2ccccc2)cc1Cl)OCC(Br)(Br)Br. The van der Waals surface area contributed by atoms with Gasteiger partial charge in [-0.15, -0.1) is 0 Å². The lowest BCUT2D eigenvalue weighted by Crippen LogP contribution is -2.30. The van der Waals surface area contributed by atoms with E-state index in [-0.39, 0.29) is 13.2 Å². The Kier molecular flexibility index (Phi) is 8.73. The first-order chi connectivity index (χ1) is 12.3. The summed E-state index contributed by atoms with van der Waals surface area (Å²) in [5.74, 6) is 0.582. The molecule has 0 saturated heterocycles. The summed E-state index contributed by atoms with van der Waals surface area (Å²) in [6.07, 6.45) is 0.283. The molecule has 0 heterocycles. The second-order valence-electron chi connectivity index (χ2n) is 5.39. The summed E-state index contributed by atoms with van der Waals surface area (Å²) in [6, 6.07) is 15.9. The van der Waals surface area contributed by atoms with Gasteiger partial charge in [-0.25, -0.2) is 4.79 Å². The van der Waals surface area contributed by atoms with Gasteiger partial charge >= 0.3 is 6.09 Å². The molecule has 0 aliphatic rings. The number of alkyl carbamates (subject to hydrolysis) is 1. The zero-order valence-electron chi connectivity index (χ0n) is 13.7. The second-order valence-corrected chi connectivity index (χ2v) is 13.1. The number of nitrogens with one attached hydrogen (secondary N) is 1. The van der Waals surface area contributed by atoms with Gasteiger partial charge < -0.3 is 14.8 Å². The fraction of sp³-hybridized carbons (Fsp3) is 0.278. The highest BCUT2D eigenvalue weighted by Gasteiger charge is 2.20. The Morgan fingerprint density at radius 2 is 1.81 bits per heavy atom. The highest BCUT2D eigenvalue weighted by molar-refractivity contribution is 9.39. The number of ether oxygens (including phenoxy) is 2. The van der Waals surface area contributed by atoms with Crippen LogP contribution in [0.5, 0.6) is 5.75 Å². The highest BCUT2D eigenvalue weighted by Crippen LogP contribution is 2.33. The Balaban J connectivity index is 1.75. The first-order valence-corrected chi connectivity index (χ1v) is 10.5. The molecule has 0 radical (unpaired) electrons. The number of carbonyl (C=O) groups is 1. The van der Waals surface area contributed by atoms with Crippen LogP contribution in [-0.4, -0.2) is 28.0 Å². The van der Waals surface area contributed by atoms with Gasteiger partial charge in [-0.05, 0) is 29.7 Å². The van der Waals surface area contributed by atoms with Crippen LogP contribution in [0.15, 0.2) is 48.5 Å². The molecule has 0 atom stereocenters. The first kappa shape index (κ1) is 21.5. The molecule has 0 spiro atoms. The molecule has 2 aromatic carbocycles. The van der Waals surface area contributed by atoms with Crippen molar-refractivity contribution in [2.45, 2.75) is 8.56 Å². The predicted octanol–water partition coefficient (Wildman–Crippen LogP) is 5.87. The first-order valence-electron chi connectivity index (χ1n) is 7.76. The van der Waals surface area contributed by atoms with E-state index in [9.17, 15) is 4.79 Å². The number of hydrogen-bond donors (Lipinski definition) is 1. The smallest absolute Gasteiger partial charge is 0.407 e. The van der Waals surface area contributed by atoms with Crippen molar-refractivity contribution in [3.8, 4) is 5.75 Å². The zero-order chi connectivity index (χ0) is 19.0. The predicted molar refractivity (Wildman–Crippen MR) is 115 cm³/mol. The molecule has 0 bridgehead atoms. The fourth-order valence-corrected chi connectivity index (χ4v) is 2.72. The van der Waals surface area contributed by atoms with Gasteiger partial charge in [0, 0.05) is 0 Å². The summed E-state index contributed by atoms with van der Waals surface area (Å²) >= 11 is 16.0. The number of benzene rings is 2. The van der Waals surface area contributed by atoms with Crippen LogP contribution in [-0.2, 0) is 11.2 Å². The lowest BCUT2D eigenvalue weighted by Gasteiger charge is -2.13. The van der Waals surface area contributed by atoms with E-state index in [2.05, 4.69) is 65.2 Å². The van der Waals surface area contributed by atoms with Crippen molar-refractivity contribution in [2.24, 2.45) is 0 Å². The third-order valence-electron chi connectivity index (χ3n) is 3.24. The van der Waals surface area contributed by atoms with Crippen LogP contribution in [0, 0.1) is 0 Å². The van der Waals surface area contributed by atoms with Crippen LogP contribution in [0.25, 0.3) is 0 Å². The van der Waals surface area contributed by atoms with Gasteiger partial charge in [-0.1, -0.05) is 95.8 Å². The van der Waals surface area contributed by atoms with Crippen LogP contribution in [0.4, 0.5) is 4.79 Å². The molecule has 26 heavy (non-hydrogen) atoms. The maximum absolute atomic E-state index is 11.5. The van der Waals surface area contributed by atoms with E-state index in [1.165, 1.54) is 5.56 Å². The van der Waals surface area contributed by atoms with Crippen molar-refractivity contribution < 1.29 is 14.3 Å². The maximum atomic E-state index is 11.5. The van der Waals surface area contributed by atoms with Crippen molar-refractivity contribution in [2.75, 3.05) is 19.8 Å². The van der Waals surface area contributed by atoms with Crippen LogP contribution >= 0.6 is 59.4 Å². The Morgan fingerprint density at radius 3 is 2.46 bits per heavy atom. The lowest BCUT2D eigenvalue weighted by atomic mass is 10.1. The van der Waals surface area contributed by atoms with E-state index < -0.39 is 8.24 Å². The van der Waals surface area contributed by atoms with E-state index in [1.54, 1.807) is 0 Å². The van der Waals surface area contributed by atoms with Gasteiger partial charge in [-0.3, -0.25) is 0 Å². The van der Waals surface area contributed by atoms with Gasteiger partial charge in [0.1, 0.15) is 19.0 Å². The molecule has 140 valence electrons. The number of alkyl halides is 3. The van der Waals surface area contributed by atoms with E-state index in [0.717, 1.165) is 12.0 Å². The molecule has 1 N–H and O–H groups in total. The zero-order valence-corrected chi connectivity index (χ0v) is 19.2. The van der Waals surface area contributed by atoms with Gasteiger partial charge in [0.05, 0.1) is 11.6 Å². The molecule has 0 aliphatic heterocycles. The summed E-state index contributed by atoms with van der Waals surface area (Å²) in [7, 11) is 0. The molecule has 2 aromatic rings. The van der Waals surface area contributed by atoms with Gasteiger partial charge in [0.2, 0.25) is 0 Å². The number of halogens is 4. The molecule has 0 saturated carbocycles. The molecule has 2 rings (SSSR count). The number of rotatable bonds is 7. The largest absolute Gasteiger partial charge is 0.490 e. The Labute approximate surface area is 183 Å². The average Bonchev–Trinajstić information content (AvgIpc) is 2.59. The molecular formula is C18H17Br3ClNO3. The Bertz CT molecular complexity index is 723. The van der Waals surface area contributed by atoms with Gasteiger partial charge in [0.25, 0.3) is 0 Å². The van der Waals surface area contributed by atoms with Gasteiger partial charge in [0.15, 0.2) is 2.14 Å². The normalized spacial score (nSPS) is 11.1. The summed E-state index contributed by atoms with van der Waals surface area (Å²) in [5.41, 5.74) is 2.33. The van der Waals surface area contributed by atoms with Crippen molar-refractivity contribution >= 4 is 65.5 Å². The van der Waals surface area contributed by atoms with Crippen LogP contribution in [0.3, 0.4) is 0 Å².